The van der Waals surface area contributed by atoms with Gasteiger partial charge in [-0.3, -0.25) is 4.79 Å². The van der Waals surface area contributed by atoms with Gasteiger partial charge in [0.2, 0.25) is 0 Å². The third kappa shape index (κ3) is 15.9. The SMILES string of the molecule is C#CCC(CC#C)COC(=O)CCC/C=C\C.c1ccc(CCCCCC2CCCC2)cc1. The fraction of sp³-hybridized carbons (Fsp3) is 0.581. The summed E-state index contributed by atoms with van der Waals surface area (Å²) in [5.74, 6) is 6.08. The van der Waals surface area contributed by atoms with Crippen molar-refractivity contribution in [3.05, 3.63) is 48.0 Å². The molecule has 1 saturated carbocycles. The Labute approximate surface area is 203 Å². The Morgan fingerprint density at radius 1 is 1.06 bits per heavy atom. The molecule has 2 heteroatoms. The maximum Gasteiger partial charge on any atom is 0.305 e. The van der Waals surface area contributed by atoms with Gasteiger partial charge in [0.15, 0.2) is 0 Å². The number of unbranched alkanes of at least 4 members (excludes halogenated alkanes) is 3. The van der Waals surface area contributed by atoms with Gasteiger partial charge in [-0.25, -0.2) is 0 Å². The molecule has 0 aromatic heterocycles. The summed E-state index contributed by atoms with van der Waals surface area (Å²) in [4.78, 5) is 11.4. The van der Waals surface area contributed by atoms with Crippen molar-refractivity contribution in [3.8, 4) is 24.7 Å². The van der Waals surface area contributed by atoms with Gasteiger partial charge in [-0.2, -0.15) is 0 Å². The van der Waals surface area contributed by atoms with Crippen molar-refractivity contribution in [2.45, 2.75) is 96.8 Å². The number of rotatable bonds is 14. The second kappa shape index (κ2) is 20.2. The quantitative estimate of drug-likeness (QED) is 0.125. The lowest BCUT2D eigenvalue weighted by atomic mass is 9.98. The van der Waals surface area contributed by atoms with Gasteiger partial charge in [-0.05, 0) is 44.1 Å². The monoisotopic (exact) mass is 448 g/mol. The Morgan fingerprint density at radius 2 is 1.76 bits per heavy atom. The lowest BCUT2D eigenvalue weighted by Crippen LogP contribution is -2.13. The van der Waals surface area contributed by atoms with Crippen molar-refractivity contribution in [1.29, 1.82) is 0 Å². The number of benzene rings is 1. The molecule has 33 heavy (non-hydrogen) atoms. The second-order valence-corrected chi connectivity index (χ2v) is 9.06. The Hall–Kier alpha value is -2.45. The molecule has 1 fully saturated rings. The average Bonchev–Trinajstić information content (AvgIpc) is 3.35. The average molecular weight is 449 g/mol. The number of esters is 1. The van der Waals surface area contributed by atoms with E-state index >= 15 is 0 Å². The largest absolute Gasteiger partial charge is 0.465 e. The molecule has 2 rings (SSSR count). The first-order chi connectivity index (χ1) is 16.2. The maximum absolute atomic E-state index is 11.4. The number of carbonyl (C=O) groups excluding carboxylic acids is 1. The summed E-state index contributed by atoms with van der Waals surface area (Å²) in [6.07, 6.45) is 30.7. The molecule has 0 N–H and O–H groups in total. The number of aryl methyl sites for hydroxylation is 1. The van der Waals surface area contributed by atoms with E-state index in [-0.39, 0.29) is 11.9 Å². The van der Waals surface area contributed by atoms with Crippen molar-refractivity contribution >= 4 is 5.97 Å². The topological polar surface area (TPSA) is 26.3 Å². The van der Waals surface area contributed by atoms with Gasteiger partial charge in [0.05, 0.1) is 6.61 Å². The minimum absolute atomic E-state index is 0.0875. The molecule has 0 aliphatic heterocycles. The van der Waals surface area contributed by atoms with Crippen LogP contribution in [0.2, 0.25) is 0 Å². The standard InChI is InChI=1S/C16H24.C15H20O2/c1-3-9-15(10-4-1)11-5-2-6-12-16-13-7-8-14-16;1-4-7-8-9-12-15(16)17-13-14(10-5-2)11-6-3/h1,3-4,9-10,16H,2,5-8,11-14H2;2-4,7,14H,8-13H2,1H3/b;7-4-. The minimum Gasteiger partial charge on any atom is -0.465 e. The van der Waals surface area contributed by atoms with Crippen molar-refractivity contribution in [2.75, 3.05) is 6.61 Å². The molecule has 0 unspecified atom stereocenters. The third-order valence-electron chi connectivity index (χ3n) is 6.18. The molecule has 1 aliphatic rings. The smallest absolute Gasteiger partial charge is 0.305 e. The van der Waals surface area contributed by atoms with Crippen LogP contribution in [0.3, 0.4) is 0 Å². The van der Waals surface area contributed by atoms with E-state index in [0.717, 1.165) is 18.8 Å². The van der Waals surface area contributed by atoms with Gasteiger partial charge >= 0.3 is 5.97 Å². The molecule has 1 aliphatic carbocycles. The van der Waals surface area contributed by atoms with Crippen LogP contribution in [0.15, 0.2) is 42.5 Å². The van der Waals surface area contributed by atoms with Crippen LogP contribution >= 0.6 is 0 Å². The highest BCUT2D eigenvalue weighted by Crippen LogP contribution is 2.29. The van der Waals surface area contributed by atoms with E-state index in [1.807, 2.05) is 19.1 Å². The van der Waals surface area contributed by atoms with E-state index in [2.05, 4.69) is 42.2 Å². The molecule has 0 bridgehead atoms. The number of carbonyl (C=O) groups is 1. The normalized spacial score (nSPS) is 13.3. The lowest BCUT2D eigenvalue weighted by molar-refractivity contribution is -0.145. The maximum atomic E-state index is 11.4. The molecule has 180 valence electrons. The molecule has 1 aromatic carbocycles. The zero-order valence-corrected chi connectivity index (χ0v) is 20.8. The Morgan fingerprint density at radius 3 is 2.39 bits per heavy atom. The van der Waals surface area contributed by atoms with Crippen molar-refractivity contribution in [2.24, 2.45) is 11.8 Å². The highest BCUT2D eigenvalue weighted by molar-refractivity contribution is 5.69. The van der Waals surface area contributed by atoms with Crippen LogP contribution in [0.25, 0.3) is 0 Å². The molecular formula is C31H44O2. The van der Waals surface area contributed by atoms with Crippen LogP contribution in [0.5, 0.6) is 0 Å². The Balaban J connectivity index is 0.000000330. The highest BCUT2D eigenvalue weighted by Gasteiger charge is 2.13. The number of allylic oxidation sites excluding steroid dienone is 2. The van der Waals surface area contributed by atoms with Crippen LogP contribution in [-0.2, 0) is 16.0 Å². The number of terminal acetylenes is 2. The number of hydrogen-bond acceptors (Lipinski definition) is 2. The first-order valence-electron chi connectivity index (χ1n) is 12.9. The molecule has 0 heterocycles. The molecular weight excluding hydrogens is 404 g/mol. The van der Waals surface area contributed by atoms with Crippen molar-refractivity contribution in [1.82, 2.24) is 0 Å². The van der Waals surface area contributed by atoms with E-state index in [4.69, 9.17) is 17.6 Å². The van der Waals surface area contributed by atoms with Crippen molar-refractivity contribution in [3.63, 3.8) is 0 Å². The van der Waals surface area contributed by atoms with Gasteiger partial charge in [-0.1, -0.05) is 87.4 Å². The third-order valence-corrected chi connectivity index (χ3v) is 6.18. The first kappa shape index (κ1) is 28.6. The van der Waals surface area contributed by atoms with Gasteiger partial charge in [0.25, 0.3) is 0 Å². The molecule has 0 atom stereocenters. The van der Waals surface area contributed by atoms with Crippen LogP contribution in [-0.4, -0.2) is 12.6 Å². The van der Waals surface area contributed by atoms with Gasteiger partial charge in [0.1, 0.15) is 0 Å². The molecule has 0 radical (unpaired) electrons. The molecule has 0 amide bonds. The van der Waals surface area contributed by atoms with Crippen LogP contribution in [0.1, 0.15) is 96.0 Å². The summed E-state index contributed by atoms with van der Waals surface area (Å²) in [5.41, 5.74) is 1.50. The van der Waals surface area contributed by atoms with E-state index < -0.39 is 0 Å². The van der Waals surface area contributed by atoms with E-state index in [9.17, 15) is 4.79 Å². The second-order valence-electron chi connectivity index (χ2n) is 9.06. The van der Waals surface area contributed by atoms with E-state index in [1.165, 1.54) is 63.4 Å². The zero-order valence-electron chi connectivity index (χ0n) is 20.8. The van der Waals surface area contributed by atoms with Crippen molar-refractivity contribution < 1.29 is 9.53 Å². The molecule has 1 aromatic rings. The predicted octanol–water partition coefficient (Wildman–Crippen LogP) is 7.92. The number of hydrogen-bond donors (Lipinski definition) is 0. The predicted molar refractivity (Wildman–Crippen MR) is 141 cm³/mol. The fourth-order valence-electron chi connectivity index (χ4n) is 4.22. The summed E-state index contributed by atoms with van der Waals surface area (Å²) in [7, 11) is 0. The first-order valence-corrected chi connectivity index (χ1v) is 12.9. The van der Waals surface area contributed by atoms with Gasteiger partial charge in [-0.15, -0.1) is 24.7 Å². The molecule has 0 spiro atoms. The lowest BCUT2D eigenvalue weighted by Gasteiger charge is -2.11. The zero-order chi connectivity index (χ0) is 24.0. The summed E-state index contributed by atoms with van der Waals surface area (Å²) in [6, 6.07) is 10.9. The summed E-state index contributed by atoms with van der Waals surface area (Å²) >= 11 is 0. The number of ether oxygens (including phenoxy) is 1. The van der Waals surface area contributed by atoms with Crippen LogP contribution in [0, 0.1) is 36.5 Å². The summed E-state index contributed by atoms with van der Waals surface area (Å²) < 4.78 is 5.14. The van der Waals surface area contributed by atoms with Gasteiger partial charge < -0.3 is 4.74 Å². The molecule has 2 nitrogen and oxygen atoms in total. The van der Waals surface area contributed by atoms with Crippen LogP contribution in [0.4, 0.5) is 0 Å². The Bertz CT molecular complexity index is 698. The highest BCUT2D eigenvalue weighted by atomic mass is 16.5. The fourth-order valence-corrected chi connectivity index (χ4v) is 4.22. The minimum atomic E-state index is -0.173. The molecule has 0 saturated heterocycles. The van der Waals surface area contributed by atoms with Gasteiger partial charge in [0, 0.05) is 25.2 Å². The summed E-state index contributed by atoms with van der Waals surface area (Å²) in [5, 5.41) is 0. The van der Waals surface area contributed by atoms with Crippen LogP contribution < -0.4 is 0 Å². The summed E-state index contributed by atoms with van der Waals surface area (Å²) in [6.45, 7) is 2.29. The van der Waals surface area contributed by atoms with E-state index in [1.54, 1.807) is 0 Å². The Kier molecular flexibility index (Phi) is 17.5. The van der Waals surface area contributed by atoms with E-state index in [0.29, 0.717) is 25.9 Å².